The number of rotatable bonds is 4. The van der Waals surface area contributed by atoms with Crippen LogP contribution in [0.5, 0.6) is 0 Å². The Morgan fingerprint density at radius 2 is 1.94 bits per heavy atom. The predicted octanol–water partition coefficient (Wildman–Crippen LogP) is 3.79. The quantitative estimate of drug-likeness (QED) is 0.723. The van der Waals surface area contributed by atoms with Crippen molar-refractivity contribution in [1.29, 1.82) is 5.26 Å². The molecule has 0 aromatic heterocycles. The lowest BCUT2D eigenvalue weighted by molar-refractivity contribution is -0.120. The topological polar surface area (TPSA) is 120 Å². The summed E-state index contributed by atoms with van der Waals surface area (Å²) in [7, 11) is 0. The molecule has 0 saturated heterocycles. The van der Waals surface area contributed by atoms with Crippen molar-refractivity contribution in [1.82, 2.24) is 5.32 Å². The Bertz CT molecular complexity index is 1090. The number of hydrogen-bond donors (Lipinski definition) is 2. The maximum Gasteiger partial charge on any atom is 0.408 e. The summed E-state index contributed by atoms with van der Waals surface area (Å²) in [5.41, 5.74) is 1.04. The number of benzene rings is 2. The van der Waals surface area contributed by atoms with Gasteiger partial charge >= 0.3 is 12.1 Å². The third kappa shape index (κ3) is 5.59. The van der Waals surface area contributed by atoms with E-state index in [1.54, 1.807) is 51.1 Å². The number of fused-ring (bicyclic) bond motifs is 1. The Hall–Kier alpha value is -3.51. The van der Waals surface area contributed by atoms with Gasteiger partial charge in [0.2, 0.25) is 0 Å². The molecule has 0 radical (unpaired) electrons. The third-order valence-corrected chi connectivity index (χ3v) is 5.74. The van der Waals surface area contributed by atoms with Crippen molar-refractivity contribution in [3.05, 3.63) is 59.2 Å². The van der Waals surface area contributed by atoms with Crippen molar-refractivity contribution in [2.75, 3.05) is 10.7 Å². The van der Waals surface area contributed by atoms with Gasteiger partial charge in [0.05, 0.1) is 29.4 Å². The molecule has 1 aliphatic rings. The van der Waals surface area contributed by atoms with Crippen LogP contribution in [0.25, 0.3) is 0 Å². The van der Waals surface area contributed by atoms with Gasteiger partial charge in [0.15, 0.2) is 0 Å². The van der Waals surface area contributed by atoms with E-state index in [9.17, 15) is 19.5 Å². The highest BCUT2D eigenvalue weighted by molar-refractivity contribution is 7.99. The minimum atomic E-state index is -1.10. The van der Waals surface area contributed by atoms with Crippen LogP contribution in [-0.2, 0) is 16.1 Å². The highest BCUT2D eigenvalue weighted by Crippen LogP contribution is 2.36. The van der Waals surface area contributed by atoms with Crippen LogP contribution in [0, 0.1) is 11.3 Å². The minimum absolute atomic E-state index is 0.0560. The number of nitriles is 1. The summed E-state index contributed by atoms with van der Waals surface area (Å²) in [5, 5.41) is 21.1. The Morgan fingerprint density at radius 1 is 1.25 bits per heavy atom. The van der Waals surface area contributed by atoms with E-state index >= 15 is 0 Å². The van der Waals surface area contributed by atoms with E-state index in [1.807, 2.05) is 6.07 Å². The van der Waals surface area contributed by atoms with Gasteiger partial charge in [0.25, 0.3) is 5.91 Å². The first-order valence-corrected chi connectivity index (χ1v) is 10.9. The number of alkyl carbamates (subject to hydrolysis) is 1. The van der Waals surface area contributed by atoms with Gasteiger partial charge in [-0.15, -0.1) is 11.8 Å². The fourth-order valence-corrected chi connectivity index (χ4v) is 4.17. The normalized spacial score (nSPS) is 15.9. The van der Waals surface area contributed by atoms with Crippen LogP contribution in [-0.4, -0.2) is 40.5 Å². The highest BCUT2D eigenvalue weighted by atomic mass is 32.2. The zero-order valence-corrected chi connectivity index (χ0v) is 18.7. The van der Waals surface area contributed by atoms with E-state index in [-0.39, 0.29) is 23.8 Å². The van der Waals surface area contributed by atoms with E-state index in [1.165, 1.54) is 28.8 Å². The second-order valence-electron chi connectivity index (χ2n) is 8.23. The van der Waals surface area contributed by atoms with E-state index in [0.29, 0.717) is 11.3 Å². The number of amides is 2. The number of carboxylic acid groups (broad SMARTS) is 1. The molecule has 3 rings (SSSR count). The Labute approximate surface area is 190 Å². The molecular formula is C23H23N3O5S. The summed E-state index contributed by atoms with van der Waals surface area (Å²) >= 11 is 1.35. The maximum absolute atomic E-state index is 13.5. The van der Waals surface area contributed by atoms with Crippen molar-refractivity contribution >= 4 is 35.4 Å². The monoisotopic (exact) mass is 453 g/mol. The highest BCUT2D eigenvalue weighted by Gasteiger charge is 2.33. The molecule has 1 unspecified atom stereocenters. The first-order valence-electron chi connectivity index (χ1n) is 9.87. The molecule has 0 aliphatic carbocycles. The van der Waals surface area contributed by atoms with Crippen LogP contribution >= 0.6 is 11.8 Å². The van der Waals surface area contributed by atoms with Gasteiger partial charge < -0.3 is 20.1 Å². The number of nitrogens with zero attached hydrogens (tertiary/aromatic N) is 2. The number of carbonyl (C=O) groups excluding carboxylic acids is 2. The Balaban J connectivity index is 1.96. The van der Waals surface area contributed by atoms with Gasteiger partial charge in [-0.25, -0.2) is 9.59 Å². The number of carboxylic acids is 1. The van der Waals surface area contributed by atoms with Crippen molar-refractivity contribution in [2.24, 2.45) is 0 Å². The summed E-state index contributed by atoms with van der Waals surface area (Å²) in [4.78, 5) is 39.5. The van der Waals surface area contributed by atoms with Crippen LogP contribution in [0.1, 0.15) is 42.3 Å². The molecule has 2 N–H and O–H groups in total. The van der Waals surface area contributed by atoms with Gasteiger partial charge in [0.1, 0.15) is 11.6 Å². The minimum Gasteiger partial charge on any atom is -0.478 e. The molecule has 0 fully saturated rings. The number of thioether (sulfide) groups is 1. The predicted molar refractivity (Wildman–Crippen MR) is 120 cm³/mol. The zero-order valence-electron chi connectivity index (χ0n) is 17.9. The molecule has 1 heterocycles. The molecule has 1 aliphatic heterocycles. The van der Waals surface area contributed by atoms with Crippen LogP contribution in [0.4, 0.5) is 10.5 Å². The van der Waals surface area contributed by atoms with Gasteiger partial charge in [-0.3, -0.25) is 4.79 Å². The molecule has 2 aromatic rings. The van der Waals surface area contributed by atoms with Crippen LogP contribution in [0.2, 0.25) is 0 Å². The molecule has 2 amide bonds. The van der Waals surface area contributed by atoms with Crippen molar-refractivity contribution in [3.8, 4) is 6.07 Å². The van der Waals surface area contributed by atoms with Gasteiger partial charge in [-0.2, -0.15) is 5.26 Å². The first kappa shape index (κ1) is 23.2. The summed E-state index contributed by atoms with van der Waals surface area (Å²) in [5.74, 6) is -1.22. The van der Waals surface area contributed by atoms with Crippen LogP contribution < -0.4 is 10.2 Å². The SMILES string of the molecule is CC(C)(C)OC(=O)NC1CSc2ccc(C(=O)O)cc2N(Cc2ccc(C#N)cc2)C1=O. The molecule has 1 atom stereocenters. The lowest BCUT2D eigenvalue weighted by Crippen LogP contribution is -2.50. The smallest absolute Gasteiger partial charge is 0.408 e. The average Bonchev–Trinajstić information content (AvgIpc) is 2.84. The molecule has 32 heavy (non-hydrogen) atoms. The number of hydrogen-bond acceptors (Lipinski definition) is 6. The van der Waals surface area contributed by atoms with Crippen LogP contribution in [0.3, 0.4) is 0 Å². The molecule has 9 heteroatoms. The average molecular weight is 454 g/mol. The van der Waals surface area contributed by atoms with Crippen molar-refractivity contribution < 1.29 is 24.2 Å². The summed E-state index contributed by atoms with van der Waals surface area (Å²) in [6, 6.07) is 12.6. The Kier molecular flexibility index (Phi) is 6.75. The second-order valence-corrected chi connectivity index (χ2v) is 9.29. The largest absolute Gasteiger partial charge is 0.478 e. The molecular weight excluding hydrogens is 430 g/mol. The number of nitrogens with one attached hydrogen (secondary N) is 1. The Morgan fingerprint density at radius 3 is 2.53 bits per heavy atom. The van der Waals surface area contributed by atoms with Crippen molar-refractivity contribution in [3.63, 3.8) is 0 Å². The molecule has 0 spiro atoms. The molecule has 8 nitrogen and oxygen atoms in total. The van der Waals surface area contributed by atoms with Crippen LogP contribution in [0.15, 0.2) is 47.4 Å². The third-order valence-electron chi connectivity index (χ3n) is 4.58. The molecule has 2 aromatic carbocycles. The zero-order chi connectivity index (χ0) is 23.5. The second kappa shape index (κ2) is 9.32. The number of ether oxygens (including phenoxy) is 1. The lowest BCUT2D eigenvalue weighted by atomic mass is 10.1. The summed E-state index contributed by atoms with van der Waals surface area (Å²) in [6.45, 7) is 5.35. The summed E-state index contributed by atoms with van der Waals surface area (Å²) < 4.78 is 5.30. The fraction of sp³-hybridized carbons (Fsp3) is 0.304. The fourth-order valence-electron chi connectivity index (χ4n) is 3.12. The first-order chi connectivity index (χ1) is 15.1. The van der Waals surface area contributed by atoms with E-state index in [2.05, 4.69) is 5.32 Å². The molecule has 0 bridgehead atoms. The molecule has 166 valence electrons. The number of aromatic carboxylic acids is 1. The molecule has 0 saturated carbocycles. The van der Waals surface area contributed by atoms with E-state index in [0.717, 1.165) is 10.5 Å². The standard InChI is InChI=1S/C23H23N3O5S/c1-23(2,3)31-22(30)25-17-13-32-19-9-8-16(21(28)29)10-18(19)26(20(17)27)12-15-6-4-14(11-24)5-7-15/h4-10,17H,12-13H2,1-3H3,(H,25,30)(H,28,29). The lowest BCUT2D eigenvalue weighted by Gasteiger charge is -2.27. The number of anilines is 1. The summed E-state index contributed by atoms with van der Waals surface area (Å²) in [6.07, 6.45) is -0.702. The van der Waals surface area contributed by atoms with Gasteiger partial charge in [-0.05, 0) is 56.7 Å². The van der Waals surface area contributed by atoms with Crippen molar-refractivity contribution in [2.45, 2.75) is 43.9 Å². The maximum atomic E-state index is 13.5. The van der Waals surface area contributed by atoms with E-state index in [4.69, 9.17) is 10.00 Å². The van der Waals surface area contributed by atoms with E-state index < -0.39 is 23.7 Å². The number of carbonyl (C=O) groups is 3. The van der Waals surface area contributed by atoms with Gasteiger partial charge in [0, 0.05) is 10.6 Å². The van der Waals surface area contributed by atoms with Gasteiger partial charge in [-0.1, -0.05) is 12.1 Å².